The predicted molar refractivity (Wildman–Crippen MR) is 39.4 cm³/mol. The highest BCUT2D eigenvalue weighted by atomic mass is 16.2. The Morgan fingerprint density at radius 1 is 1.60 bits per heavy atom. The van der Waals surface area contributed by atoms with E-state index >= 15 is 0 Å². The van der Waals surface area contributed by atoms with Crippen molar-refractivity contribution in [3.05, 3.63) is 0 Å². The van der Waals surface area contributed by atoms with E-state index in [9.17, 15) is 4.79 Å². The van der Waals surface area contributed by atoms with E-state index in [1.54, 1.807) is 4.90 Å². The van der Waals surface area contributed by atoms with Gasteiger partial charge >= 0.3 is 0 Å². The second kappa shape index (κ2) is 1.95. The zero-order valence-corrected chi connectivity index (χ0v) is 6.93. The topological polar surface area (TPSA) is 32.3 Å². The van der Waals surface area contributed by atoms with E-state index in [0.717, 1.165) is 0 Å². The second-order valence-corrected chi connectivity index (χ2v) is 3.36. The molecule has 0 aromatic rings. The number of rotatable bonds is 0. The molecule has 1 aliphatic rings. The number of amides is 1. The minimum atomic E-state index is -0.367. The molecule has 1 unspecified atom stereocenters. The number of hydrogen-bond donors (Lipinski definition) is 1. The Morgan fingerprint density at radius 2 is 2.10 bits per heavy atom. The number of nitrogens with one attached hydrogen (secondary N) is 1. The molecule has 1 aliphatic heterocycles. The average Bonchev–Trinajstić information content (AvgIpc) is 1.95. The third-order valence-electron chi connectivity index (χ3n) is 2.01. The van der Waals surface area contributed by atoms with Crippen molar-refractivity contribution < 1.29 is 4.79 Å². The van der Waals surface area contributed by atoms with Gasteiger partial charge in [-0.15, -0.1) is 0 Å². The van der Waals surface area contributed by atoms with Crippen molar-refractivity contribution in [2.75, 3.05) is 7.05 Å². The van der Waals surface area contributed by atoms with E-state index in [1.165, 1.54) is 0 Å². The molecule has 58 valence electrons. The van der Waals surface area contributed by atoms with Crippen LogP contribution in [0.3, 0.4) is 0 Å². The Labute approximate surface area is 61.4 Å². The van der Waals surface area contributed by atoms with Gasteiger partial charge in [-0.25, -0.2) is 0 Å². The van der Waals surface area contributed by atoms with E-state index in [-0.39, 0.29) is 17.6 Å². The van der Waals surface area contributed by atoms with Crippen molar-refractivity contribution in [1.29, 1.82) is 0 Å². The van der Waals surface area contributed by atoms with Crippen LogP contribution in [0.5, 0.6) is 0 Å². The van der Waals surface area contributed by atoms with E-state index in [4.69, 9.17) is 0 Å². The average molecular weight is 142 g/mol. The summed E-state index contributed by atoms with van der Waals surface area (Å²) in [4.78, 5) is 13.0. The maximum atomic E-state index is 11.3. The first-order valence-corrected chi connectivity index (χ1v) is 3.50. The molecular formula is C7H14N2O. The van der Waals surface area contributed by atoms with Crippen LogP contribution in [0.4, 0.5) is 0 Å². The second-order valence-electron chi connectivity index (χ2n) is 3.36. The van der Waals surface area contributed by atoms with Crippen LogP contribution in [0.15, 0.2) is 0 Å². The molecule has 0 radical (unpaired) electrons. The Morgan fingerprint density at radius 3 is 2.20 bits per heavy atom. The first kappa shape index (κ1) is 7.54. The van der Waals surface area contributed by atoms with Crippen LogP contribution in [-0.2, 0) is 4.79 Å². The fourth-order valence-corrected chi connectivity index (χ4v) is 1.30. The fraction of sp³-hybridized carbons (Fsp3) is 0.857. The van der Waals surface area contributed by atoms with Crippen molar-refractivity contribution in [3.63, 3.8) is 0 Å². The monoisotopic (exact) mass is 142 g/mol. The van der Waals surface area contributed by atoms with E-state index in [1.807, 2.05) is 27.8 Å². The normalized spacial score (nSPS) is 31.4. The molecular weight excluding hydrogens is 128 g/mol. The Hall–Kier alpha value is -0.570. The molecule has 1 heterocycles. The number of carbonyl (C=O) groups excluding carboxylic acids is 1. The molecule has 1 N–H and O–H groups in total. The van der Waals surface area contributed by atoms with E-state index in [0.29, 0.717) is 0 Å². The van der Waals surface area contributed by atoms with Gasteiger partial charge in [-0.05, 0) is 20.8 Å². The van der Waals surface area contributed by atoms with Gasteiger partial charge in [0, 0.05) is 7.05 Å². The first-order valence-electron chi connectivity index (χ1n) is 3.50. The third kappa shape index (κ3) is 0.904. The van der Waals surface area contributed by atoms with Crippen molar-refractivity contribution in [2.24, 2.45) is 0 Å². The Balaban J connectivity index is 2.82. The number of likely N-dealkylation sites (N-methyl/N-ethyl adjacent to an activating group) is 1. The van der Waals surface area contributed by atoms with Crippen molar-refractivity contribution in [3.8, 4) is 0 Å². The lowest BCUT2D eigenvalue weighted by Crippen LogP contribution is -2.40. The fourth-order valence-electron chi connectivity index (χ4n) is 1.30. The van der Waals surface area contributed by atoms with E-state index in [2.05, 4.69) is 5.32 Å². The molecule has 1 fully saturated rings. The van der Waals surface area contributed by atoms with Crippen molar-refractivity contribution >= 4 is 5.91 Å². The van der Waals surface area contributed by atoms with Gasteiger partial charge < -0.3 is 4.90 Å². The first-order chi connectivity index (χ1) is 4.45. The van der Waals surface area contributed by atoms with Crippen LogP contribution < -0.4 is 5.32 Å². The van der Waals surface area contributed by atoms with Gasteiger partial charge in [-0.1, -0.05) is 0 Å². The summed E-state index contributed by atoms with van der Waals surface area (Å²) >= 11 is 0. The number of carbonyl (C=O) groups is 1. The number of hydrogen-bond acceptors (Lipinski definition) is 2. The zero-order valence-electron chi connectivity index (χ0n) is 6.93. The van der Waals surface area contributed by atoms with Crippen molar-refractivity contribution in [2.45, 2.75) is 32.5 Å². The van der Waals surface area contributed by atoms with Crippen LogP contribution in [0.25, 0.3) is 0 Å². The van der Waals surface area contributed by atoms with Gasteiger partial charge in [0.05, 0.1) is 11.7 Å². The summed E-state index contributed by atoms with van der Waals surface area (Å²) in [6, 6.07) is 0. The molecule has 1 atom stereocenters. The van der Waals surface area contributed by atoms with Gasteiger partial charge in [0.15, 0.2) is 0 Å². The lowest BCUT2D eigenvalue weighted by molar-refractivity contribution is -0.130. The molecule has 0 aromatic heterocycles. The molecule has 1 saturated heterocycles. The zero-order chi connectivity index (χ0) is 7.94. The van der Waals surface area contributed by atoms with Gasteiger partial charge in [0.2, 0.25) is 5.91 Å². The molecule has 0 aliphatic carbocycles. The molecule has 3 nitrogen and oxygen atoms in total. The Bertz CT molecular complexity index is 165. The van der Waals surface area contributed by atoms with Gasteiger partial charge in [0.25, 0.3) is 0 Å². The molecule has 0 bridgehead atoms. The van der Waals surface area contributed by atoms with Gasteiger partial charge in [-0.2, -0.15) is 0 Å². The maximum absolute atomic E-state index is 11.3. The van der Waals surface area contributed by atoms with Crippen LogP contribution in [0.2, 0.25) is 0 Å². The lowest BCUT2D eigenvalue weighted by Gasteiger charge is -2.13. The lowest BCUT2D eigenvalue weighted by atomic mass is 10.1. The highest BCUT2D eigenvalue weighted by Gasteiger charge is 2.40. The summed E-state index contributed by atoms with van der Waals surface area (Å²) in [5.74, 6) is 0.167. The molecule has 3 heteroatoms. The van der Waals surface area contributed by atoms with Crippen LogP contribution in [0, 0.1) is 0 Å². The molecule has 0 aromatic carbocycles. The Kier molecular flexibility index (Phi) is 1.47. The molecule has 1 rings (SSSR count). The smallest absolute Gasteiger partial charge is 0.243 e. The van der Waals surface area contributed by atoms with Gasteiger partial charge in [-0.3, -0.25) is 10.1 Å². The standard InChI is InChI=1S/C7H14N2O/c1-5-8-7(2,3)6(10)9(5)4/h5,8H,1-4H3. The summed E-state index contributed by atoms with van der Waals surface area (Å²) in [6.45, 7) is 5.78. The highest BCUT2D eigenvalue weighted by Crippen LogP contribution is 2.16. The van der Waals surface area contributed by atoms with Gasteiger partial charge in [0.1, 0.15) is 0 Å². The summed E-state index contributed by atoms with van der Waals surface area (Å²) in [5, 5.41) is 3.17. The minimum absolute atomic E-state index is 0.167. The molecule has 0 spiro atoms. The largest absolute Gasteiger partial charge is 0.329 e. The van der Waals surface area contributed by atoms with Crippen molar-refractivity contribution in [1.82, 2.24) is 10.2 Å². The van der Waals surface area contributed by atoms with Crippen LogP contribution in [0.1, 0.15) is 20.8 Å². The minimum Gasteiger partial charge on any atom is -0.329 e. The molecule has 10 heavy (non-hydrogen) atoms. The quantitative estimate of drug-likeness (QED) is 0.523. The third-order valence-corrected chi connectivity index (χ3v) is 2.01. The highest BCUT2D eigenvalue weighted by molar-refractivity contribution is 5.87. The van der Waals surface area contributed by atoms with Crippen LogP contribution in [-0.4, -0.2) is 29.6 Å². The predicted octanol–water partition coefficient (Wildman–Crippen LogP) is 0.173. The summed E-state index contributed by atoms with van der Waals surface area (Å²) < 4.78 is 0. The molecule has 1 amide bonds. The number of nitrogens with zero attached hydrogens (tertiary/aromatic N) is 1. The van der Waals surface area contributed by atoms with Crippen LogP contribution >= 0.6 is 0 Å². The molecule has 0 saturated carbocycles. The maximum Gasteiger partial charge on any atom is 0.243 e. The summed E-state index contributed by atoms with van der Waals surface area (Å²) in [6.07, 6.45) is 0.169. The summed E-state index contributed by atoms with van der Waals surface area (Å²) in [5.41, 5.74) is -0.367. The van der Waals surface area contributed by atoms with E-state index < -0.39 is 0 Å². The SMILES string of the molecule is CC1NC(C)(C)C(=O)N1C. The summed E-state index contributed by atoms with van der Waals surface area (Å²) in [7, 11) is 1.81.